The third-order valence-electron chi connectivity index (χ3n) is 4.07. The van der Waals surface area contributed by atoms with E-state index in [1.54, 1.807) is 17.6 Å². The fourth-order valence-electron chi connectivity index (χ4n) is 2.74. The van der Waals surface area contributed by atoms with E-state index in [1.807, 2.05) is 29.8 Å². The van der Waals surface area contributed by atoms with Crippen LogP contribution in [0.15, 0.2) is 23.8 Å². The SMILES string of the molecule is CN1CCN(C(=O)c2sccc2C#N)C[C@@H]1c1nccn1C. The predicted molar refractivity (Wildman–Crippen MR) is 83.5 cm³/mol. The van der Waals surface area contributed by atoms with E-state index in [-0.39, 0.29) is 11.9 Å². The Labute approximate surface area is 133 Å². The van der Waals surface area contributed by atoms with E-state index in [9.17, 15) is 4.79 Å². The van der Waals surface area contributed by atoms with Gasteiger partial charge in [0, 0.05) is 39.1 Å². The molecule has 0 unspecified atom stereocenters. The van der Waals surface area contributed by atoms with Gasteiger partial charge in [-0.1, -0.05) is 0 Å². The molecule has 2 aromatic rings. The minimum Gasteiger partial charge on any atom is -0.337 e. The molecule has 0 bridgehead atoms. The lowest BCUT2D eigenvalue weighted by molar-refractivity contribution is 0.0533. The van der Waals surface area contributed by atoms with Gasteiger partial charge in [-0.05, 0) is 18.5 Å². The van der Waals surface area contributed by atoms with Crippen LogP contribution in [0.4, 0.5) is 0 Å². The molecule has 0 aromatic carbocycles. The van der Waals surface area contributed by atoms with Crippen LogP contribution in [0.1, 0.15) is 27.1 Å². The Morgan fingerprint density at radius 1 is 1.45 bits per heavy atom. The van der Waals surface area contributed by atoms with Crippen LogP contribution in [0.2, 0.25) is 0 Å². The van der Waals surface area contributed by atoms with Crippen LogP contribution < -0.4 is 0 Å². The zero-order chi connectivity index (χ0) is 15.7. The number of carbonyl (C=O) groups excluding carboxylic acids is 1. The van der Waals surface area contributed by atoms with E-state index in [4.69, 9.17) is 5.26 Å². The van der Waals surface area contributed by atoms with E-state index < -0.39 is 0 Å². The van der Waals surface area contributed by atoms with Gasteiger partial charge in [-0.3, -0.25) is 9.69 Å². The summed E-state index contributed by atoms with van der Waals surface area (Å²) in [7, 11) is 4.01. The molecule has 0 aliphatic carbocycles. The number of thiophene rings is 1. The second kappa shape index (κ2) is 5.91. The molecule has 1 amide bonds. The number of likely N-dealkylation sites (N-methyl/N-ethyl adjacent to an activating group) is 1. The Hall–Kier alpha value is -2.17. The van der Waals surface area contributed by atoms with E-state index in [1.165, 1.54) is 11.3 Å². The monoisotopic (exact) mass is 315 g/mol. The second-order valence-corrected chi connectivity index (χ2v) is 6.34. The third kappa shape index (κ3) is 2.51. The van der Waals surface area contributed by atoms with Gasteiger partial charge >= 0.3 is 0 Å². The summed E-state index contributed by atoms with van der Waals surface area (Å²) in [5, 5.41) is 10.9. The molecule has 2 aromatic heterocycles. The molecule has 22 heavy (non-hydrogen) atoms. The number of rotatable bonds is 2. The molecule has 1 aliphatic heterocycles. The van der Waals surface area contributed by atoms with Crippen molar-refractivity contribution in [3.05, 3.63) is 40.1 Å². The lowest BCUT2D eigenvalue weighted by Gasteiger charge is -2.38. The number of nitriles is 1. The molecule has 1 saturated heterocycles. The number of nitrogens with zero attached hydrogens (tertiary/aromatic N) is 5. The Morgan fingerprint density at radius 3 is 2.95 bits per heavy atom. The van der Waals surface area contributed by atoms with Crippen molar-refractivity contribution in [2.24, 2.45) is 7.05 Å². The molecule has 1 aliphatic rings. The van der Waals surface area contributed by atoms with Gasteiger partial charge < -0.3 is 9.47 Å². The lowest BCUT2D eigenvalue weighted by Crippen LogP contribution is -2.49. The summed E-state index contributed by atoms with van der Waals surface area (Å²) in [6.45, 7) is 2.04. The first-order valence-corrected chi connectivity index (χ1v) is 7.94. The van der Waals surface area contributed by atoms with Crippen LogP contribution in [0, 0.1) is 11.3 Å². The van der Waals surface area contributed by atoms with Crippen LogP contribution in [0.5, 0.6) is 0 Å². The van der Waals surface area contributed by atoms with Crippen molar-refractivity contribution in [1.82, 2.24) is 19.4 Å². The maximum Gasteiger partial charge on any atom is 0.265 e. The van der Waals surface area contributed by atoms with Crippen LogP contribution in [-0.4, -0.2) is 51.9 Å². The fraction of sp³-hybridized carbons (Fsp3) is 0.400. The number of piperazine rings is 1. The van der Waals surface area contributed by atoms with E-state index in [2.05, 4.69) is 16.0 Å². The normalized spacial score (nSPS) is 19.1. The first-order chi connectivity index (χ1) is 10.6. The van der Waals surface area contributed by atoms with Crippen LogP contribution in [0.3, 0.4) is 0 Å². The largest absolute Gasteiger partial charge is 0.337 e. The number of hydrogen-bond donors (Lipinski definition) is 0. The molecular weight excluding hydrogens is 298 g/mol. The summed E-state index contributed by atoms with van der Waals surface area (Å²) in [6.07, 6.45) is 3.69. The molecule has 114 valence electrons. The quantitative estimate of drug-likeness (QED) is 0.842. The molecule has 3 rings (SSSR count). The summed E-state index contributed by atoms with van der Waals surface area (Å²) in [5.41, 5.74) is 0.461. The van der Waals surface area contributed by atoms with Crippen LogP contribution in [0.25, 0.3) is 0 Å². The molecule has 0 N–H and O–H groups in total. The number of carbonyl (C=O) groups is 1. The number of hydrogen-bond acceptors (Lipinski definition) is 5. The van der Waals surface area contributed by atoms with E-state index in [0.29, 0.717) is 23.5 Å². The highest BCUT2D eigenvalue weighted by molar-refractivity contribution is 7.12. The highest BCUT2D eigenvalue weighted by Crippen LogP contribution is 2.25. The van der Waals surface area contributed by atoms with Gasteiger partial charge in [0.25, 0.3) is 5.91 Å². The third-order valence-corrected chi connectivity index (χ3v) is 4.97. The molecule has 3 heterocycles. The zero-order valence-corrected chi connectivity index (χ0v) is 13.4. The maximum absolute atomic E-state index is 12.7. The average Bonchev–Trinajstić information content (AvgIpc) is 3.15. The standard InChI is InChI=1S/C15H17N5OS/c1-18-6-7-20(10-12(18)14-17-4-5-19(14)2)15(21)13-11(9-16)3-8-22-13/h3-5,8,12H,6-7,10H2,1-2H3/t12-/m1/s1. The Kier molecular flexibility index (Phi) is 3.96. The highest BCUT2D eigenvalue weighted by atomic mass is 32.1. The molecule has 7 heteroatoms. The minimum atomic E-state index is -0.0566. The molecule has 1 atom stereocenters. The van der Waals surface area contributed by atoms with Crippen molar-refractivity contribution in [3.63, 3.8) is 0 Å². The Bertz CT molecular complexity index is 728. The first-order valence-electron chi connectivity index (χ1n) is 7.06. The summed E-state index contributed by atoms with van der Waals surface area (Å²) in [4.78, 5) is 21.7. The van der Waals surface area contributed by atoms with Gasteiger partial charge in [0.2, 0.25) is 0 Å². The summed E-state index contributed by atoms with van der Waals surface area (Å²) in [5.74, 6) is 0.894. The Balaban J connectivity index is 1.83. The van der Waals surface area contributed by atoms with Gasteiger partial charge in [-0.15, -0.1) is 11.3 Å². The number of amides is 1. The van der Waals surface area contributed by atoms with Gasteiger partial charge in [-0.2, -0.15) is 5.26 Å². The molecule has 6 nitrogen and oxygen atoms in total. The van der Waals surface area contributed by atoms with E-state index in [0.717, 1.165) is 12.4 Å². The average molecular weight is 315 g/mol. The van der Waals surface area contributed by atoms with Gasteiger partial charge in [0.15, 0.2) is 0 Å². The summed E-state index contributed by atoms with van der Waals surface area (Å²) < 4.78 is 1.99. The smallest absolute Gasteiger partial charge is 0.265 e. The molecule has 0 radical (unpaired) electrons. The van der Waals surface area contributed by atoms with Crippen LogP contribution in [-0.2, 0) is 7.05 Å². The van der Waals surface area contributed by atoms with Gasteiger partial charge in [0.05, 0.1) is 11.6 Å². The molecule has 1 fully saturated rings. The Morgan fingerprint density at radius 2 is 2.27 bits per heavy atom. The number of aromatic nitrogens is 2. The first kappa shape index (κ1) is 14.8. The summed E-state index contributed by atoms with van der Waals surface area (Å²) >= 11 is 1.33. The van der Waals surface area contributed by atoms with Gasteiger partial charge in [0.1, 0.15) is 16.8 Å². The second-order valence-electron chi connectivity index (χ2n) is 5.42. The molecule has 0 saturated carbocycles. The van der Waals surface area contributed by atoms with Crippen LogP contribution >= 0.6 is 11.3 Å². The fourth-order valence-corrected chi connectivity index (χ4v) is 3.55. The number of aryl methyl sites for hydroxylation is 1. The summed E-state index contributed by atoms with van der Waals surface area (Å²) in [6, 6.07) is 3.86. The highest BCUT2D eigenvalue weighted by Gasteiger charge is 2.32. The predicted octanol–water partition coefficient (Wildman–Crippen LogP) is 1.48. The molecule has 0 spiro atoms. The van der Waals surface area contributed by atoms with E-state index >= 15 is 0 Å². The van der Waals surface area contributed by atoms with Crippen molar-refractivity contribution in [2.75, 3.05) is 26.7 Å². The number of imidazole rings is 1. The van der Waals surface area contributed by atoms with Crippen molar-refractivity contribution in [1.29, 1.82) is 5.26 Å². The maximum atomic E-state index is 12.7. The minimum absolute atomic E-state index is 0.0566. The van der Waals surface area contributed by atoms with Crippen molar-refractivity contribution in [2.45, 2.75) is 6.04 Å². The topological polar surface area (TPSA) is 65.2 Å². The zero-order valence-electron chi connectivity index (χ0n) is 12.6. The van der Waals surface area contributed by atoms with Crippen molar-refractivity contribution < 1.29 is 4.79 Å². The van der Waals surface area contributed by atoms with Crippen molar-refractivity contribution in [3.8, 4) is 6.07 Å². The lowest BCUT2D eigenvalue weighted by atomic mass is 10.1. The van der Waals surface area contributed by atoms with Gasteiger partial charge in [-0.25, -0.2) is 4.98 Å². The van der Waals surface area contributed by atoms with Crippen molar-refractivity contribution >= 4 is 17.2 Å². The molecular formula is C15H17N5OS.